The molecule has 5 rings (SSSR count). The lowest BCUT2D eigenvalue weighted by Gasteiger charge is -2.24. The third kappa shape index (κ3) is 4.30. The Hall–Kier alpha value is -4.21. The molecule has 1 fully saturated rings. The number of Topliss-reactive ketones (excluding diaryl/α,β-unsaturated/α-hetero) is 1. The van der Waals surface area contributed by atoms with E-state index in [0.717, 1.165) is 35.4 Å². The molecule has 0 radical (unpaired) electrons. The second-order valence-corrected chi connectivity index (χ2v) is 8.43. The largest absolute Gasteiger partial charge is 0.573 e. The number of hydrogen-bond acceptors (Lipinski definition) is 6. The predicted molar refractivity (Wildman–Crippen MR) is 122 cm³/mol. The summed E-state index contributed by atoms with van der Waals surface area (Å²) in [6.07, 6.45) is -3.34. The zero-order valence-corrected chi connectivity index (χ0v) is 19.0. The fraction of sp³-hybridized carbons (Fsp3) is 0.231. The predicted octanol–water partition coefficient (Wildman–Crippen LogP) is 5.44. The fourth-order valence-electron chi connectivity index (χ4n) is 4.44. The van der Waals surface area contributed by atoms with Gasteiger partial charge in [0.2, 0.25) is 0 Å². The van der Waals surface area contributed by atoms with Gasteiger partial charge in [-0.15, -0.1) is 13.2 Å². The van der Waals surface area contributed by atoms with Crippen LogP contribution in [0.15, 0.2) is 64.6 Å². The van der Waals surface area contributed by atoms with Gasteiger partial charge >= 0.3 is 6.36 Å². The van der Waals surface area contributed by atoms with E-state index in [1.165, 1.54) is 12.1 Å². The highest BCUT2D eigenvalue weighted by molar-refractivity contribution is 6.51. The lowest BCUT2D eigenvalue weighted by Crippen LogP contribution is -2.29. The van der Waals surface area contributed by atoms with E-state index < -0.39 is 29.8 Å². The van der Waals surface area contributed by atoms with E-state index in [4.69, 9.17) is 9.15 Å². The van der Waals surface area contributed by atoms with E-state index in [2.05, 4.69) is 4.74 Å². The summed E-state index contributed by atoms with van der Waals surface area (Å²) in [4.78, 5) is 27.4. The second kappa shape index (κ2) is 8.78. The normalized spacial score (nSPS) is 19.2. The Morgan fingerprint density at radius 1 is 1.08 bits per heavy atom. The van der Waals surface area contributed by atoms with Crippen molar-refractivity contribution in [3.8, 4) is 11.5 Å². The number of hydrogen-bond donors (Lipinski definition) is 1. The SMILES string of the molecule is Cc1ccc(C2/C(=C(/O)c3ccc4c(c3)CCCO4)C(=O)C(=O)N2c2ccc(OC(F)(F)F)cc2)o1. The Labute approximate surface area is 203 Å². The highest BCUT2D eigenvalue weighted by Crippen LogP contribution is 2.43. The van der Waals surface area contributed by atoms with Crippen LogP contribution < -0.4 is 14.4 Å². The molecule has 1 aromatic heterocycles. The average Bonchev–Trinajstić information content (AvgIpc) is 3.38. The Morgan fingerprint density at radius 3 is 2.50 bits per heavy atom. The molecular formula is C26H20F3NO6. The molecular weight excluding hydrogens is 479 g/mol. The molecule has 2 aromatic carbocycles. The molecule has 1 saturated heterocycles. The number of aliphatic hydroxyl groups is 1. The van der Waals surface area contributed by atoms with Gasteiger partial charge in [-0.1, -0.05) is 0 Å². The molecule has 0 aliphatic carbocycles. The van der Waals surface area contributed by atoms with Crippen molar-refractivity contribution in [3.05, 3.63) is 82.8 Å². The van der Waals surface area contributed by atoms with Gasteiger partial charge in [-0.3, -0.25) is 14.5 Å². The van der Waals surface area contributed by atoms with Crippen LogP contribution in [0.2, 0.25) is 0 Å². The van der Waals surface area contributed by atoms with Crippen LogP contribution in [0, 0.1) is 6.92 Å². The number of nitrogens with zero attached hydrogens (tertiary/aromatic N) is 1. The van der Waals surface area contributed by atoms with Gasteiger partial charge in [0.1, 0.15) is 34.8 Å². The van der Waals surface area contributed by atoms with Crippen molar-refractivity contribution < 1.29 is 41.8 Å². The van der Waals surface area contributed by atoms with Gasteiger partial charge < -0.3 is 19.0 Å². The van der Waals surface area contributed by atoms with Crippen molar-refractivity contribution in [2.75, 3.05) is 11.5 Å². The topological polar surface area (TPSA) is 89.2 Å². The van der Waals surface area contributed by atoms with E-state index in [-0.39, 0.29) is 22.8 Å². The van der Waals surface area contributed by atoms with Gasteiger partial charge in [-0.2, -0.15) is 0 Å². The number of halogens is 3. The van der Waals surface area contributed by atoms with Gasteiger partial charge in [0.05, 0.1) is 12.2 Å². The van der Waals surface area contributed by atoms with Crippen LogP contribution in [0.4, 0.5) is 18.9 Å². The molecule has 186 valence electrons. The maximum Gasteiger partial charge on any atom is 0.573 e. The quantitative estimate of drug-likeness (QED) is 0.292. The smallest absolute Gasteiger partial charge is 0.507 e. The molecule has 7 nitrogen and oxygen atoms in total. The number of carbonyl (C=O) groups is 2. The molecule has 10 heteroatoms. The van der Waals surface area contributed by atoms with Gasteiger partial charge in [0, 0.05) is 11.3 Å². The molecule has 36 heavy (non-hydrogen) atoms. The highest BCUT2D eigenvalue weighted by Gasteiger charge is 2.48. The number of rotatable bonds is 4. The van der Waals surface area contributed by atoms with E-state index in [1.54, 1.807) is 37.3 Å². The number of fused-ring (bicyclic) bond motifs is 1. The van der Waals surface area contributed by atoms with Crippen molar-refractivity contribution in [1.29, 1.82) is 0 Å². The molecule has 0 saturated carbocycles. The third-order valence-electron chi connectivity index (χ3n) is 6.01. The molecule has 1 atom stereocenters. The van der Waals surface area contributed by atoms with Gasteiger partial charge in [0.25, 0.3) is 11.7 Å². The molecule has 3 heterocycles. The molecule has 1 amide bonds. The van der Waals surface area contributed by atoms with Gasteiger partial charge in [-0.05, 0) is 79.9 Å². The van der Waals surface area contributed by atoms with Crippen LogP contribution >= 0.6 is 0 Å². The zero-order chi connectivity index (χ0) is 25.6. The van der Waals surface area contributed by atoms with E-state index in [1.807, 2.05) is 0 Å². The van der Waals surface area contributed by atoms with Crippen molar-refractivity contribution >= 4 is 23.1 Å². The summed E-state index contributed by atoms with van der Waals surface area (Å²) in [6, 6.07) is 11.6. The van der Waals surface area contributed by atoms with Gasteiger partial charge in [0.15, 0.2) is 0 Å². The first-order valence-corrected chi connectivity index (χ1v) is 11.1. The lowest BCUT2D eigenvalue weighted by molar-refractivity contribution is -0.274. The summed E-state index contributed by atoms with van der Waals surface area (Å²) in [5.74, 6) is -1.36. The number of aryl methyl sites for hydroxylation is 2. The number of anilines is 1. The molecule has 1 N–H and O–H groups in total. The molecule has 1 unspecified atom stereocenters. The number of carbonyl (C=O) groups excluding carboxylic acids is 2. The summed E-state index contributed by atoms with van der Waals surface area (Å²) in [6.45, 7) is 2.27. The van der Waals surface area contributed by atoms with E-state index in [0.29, 0.717) is 23.7 Å². The minimum absolute atomic E-state index is 0.128. The highest BCUT2D eigenvalue weighted by atomic mass is 19.4. The van der Waals surface area contributed by atoms with Crippen LogP contribution in [0.1, 0.15) is 35.1 Å². The maximum atomic E-state index is 13.2. The number of aliphatic hydroxyl groups excluding tert-OH is 1. The van der Waals surface area contributed by atoms with Crippen molar-refractivity contribution in [3.63, 3.8) is 0 Å². The lowest BCUT2D eigenvalue weighted by atomic mass is 9.96. The van der Waals surface area contributed by atoms with Gasteiger partial charge in [-0.25, -0.2) is 0 Å². The number of alkyl halides is 3. The Morgan fingerprint density at radius 2 is 1.83 bits per heavy atom. The van der Waals surface area contributed by atoms with Crippen LogP contribution in [-0.4, -0.2) is 29.8 Å². The summed E-state index contributed by atoms with van der Waals surface area (Å²) in [5.41, 5.74) is 1.13. The fourth-order valence-corrected chi connectivity index (χ4v) is 4.44. The van der Waals surface area contributed by atoms with Crippen molar-refractivity contribution in [1.82, 2.24) is 0 Å². The molecule has 0 bridgehead atoms. The van der Waals surface area contributed by atoms with E-state index in [9.17, 15) is 27.9 Å². The number of furan rings is 1. The van der Waals surface area contributed by atoms with Crippen LogP contribution in [0.25, 0.3) is 5.76 Å². The second-order valence-electron chi connectivity index (χ2n) is 8.43. The number of ketones is 1. The van der Waals surface area contributed by atoms with Crippen LogP contribution in [-0.2, 0) is 16.0 Å². The summed E-state index contributed by atoms with van der Waals surface area (Å²) >= 11 is 0. The first-order chi connectivity index (χ1) is 17.1. The van der Waals surface area contributed by atoms with Crippen LogP contribution in [0.3, 0.4) is 0 Å². The average molecular weight is 499 g/mol. The monoisotopic (exact) mass is 499 g/mol. The zero-order valence-electron chi connectivity index (χ0n) is 19.0. The maximum absolute atomic E-state index is 13.2. The summed E-state index contributed by atoms with van der Waals surface area (Å²) < 4.78 is 52.9. The number of ether oxygens (including phenoxy) is 2. The third-order valence-corrected chi connectivity index (χ3v) is 6.01. The molecule has 3 aromatic rings. The molecule has 2 aliphatic rings. The first-order valence-electron chi connectivity index (χ1n) is 11.1. The summed E-state index contributed by atoms with van der Waals surface area (Å²) in [7, 11) is 0. The van der Waals surface area contributed by atoms with Crippen molar-refractivity contribution in [2.45, 2.75) is 32.2 Å². The molecule has 0 spiro atoms. The minimum atomic E-state index is -4.88. The number of benzene rings is 2. The summed E-state index contributed by atoms with van der Waals surface area (Å²) in [5, 5.41) is 11.2. The van der Waals surface area contributed by atoms with Crippen molar-refractivity contribution in [2.24, 2.45) is 0 Å². The van der Waals surface area contributed by atoms with E-state index >= 15 is 0 Å². The molecule has 2 aliphatic heterocycles. The first kappa shape index (κ1) is 23.5. The van der Waals surface area contributed by atoms with Crippen LogP contribution in [0.5, 0.6) is 11.5 Å². The Kier molecular flexibility index (Phi) is 5.74. The standard InChI is InChI=1S/C26H20F3NO6/c1-14-4-10-20(35-14)22-21(23(31)16-5-11-19-15(13-16)3-2-12-34-19)24(32)25(33)30(22)17-6-8-18(9-7-17)36-26(27,28)29/h4-11,13,22,31H,2-3,12H2,1H3/b23-21-. The Balaban J connectivity index is 1.60. The Bertz CT molecular complexity index is 1370. The minimum Gasteiger partial charge on any atom is -0.507 e. The number of amides is 1.